The third kappa shape index (κ3) is 5.89. The van der Waals surface area contributed by atoms with Gasteiger partial charge in [-0.25, -0.2) is 0 Å². The summed E-state index contributed by atoms with van der Waals surface area (Å²) in [6.07, 6.45) is 0. The van der Waals surface area contributed by atoms with Crippen LogP contribution in [0.25, 0.3) is 175 Å². The Kier molecular flexibility index (Phi) is 8.76. The van der Waals surface area contributed by atoms with E-state index in [0.717, 1.165) is 22.7 Å². The van der Waals surface area contributed by atoms with Crippen LogP contribution in [0.2, 0.25) is 0 Å². The maximum atomic E-state index is 2.50. The Morgan fingerprint density at radius 3 is 0.671 bits per heavy atom. The third-order valence-electron chi connectivity index (χ3n) is 18.2. The van der Waals surface area contributed by atoms with E-state index in [9.17, 15) is 0 Å². The second-order valence-corrected chi connectivity index (χ2v) is 22.3. The molecule has 4 heterocycles. The molecule has 0 saturated carbocycles. The average Bonchev–Trinajstić information content (AvgIpc) is 2.47. The van der Waals surface area contributed by atoms with Crippen LogP contribution >= 0.6 is 0 Å². The molecular weight excluding hydrogens is 993 g/mol. The molecule has 4 heteroatoms. The minimum absolute atomic E-state index is 1.14. The van der Waals surface area contributed by atoms with Crippen molar-refractivity contribution >= 4 is 152 Å². The fraction of sp³-hybridized carbons (Fsp3) is 0. The van der Waals surface area contributed by atoms with E-state index in [1.165, 1.54) is 152 Å². The molecule has 0 aliphatic carbocycles. The highest BCUT2D eigenvalue weighted by Gasteiger charge is 2.23. The molecule has 0 amide bonds. The molecule has 0 N–H and O–H groups in total. The molecule has 4 aromatic heterocycles. The van der Waals surface area contributed by atoms with E-state index < -0.39 is 0 Å². The lowest BCUT2D eigenvalue weighted by molar-refractivity contribution is 1.17. The van der Waals surface area contributed by atoms with Crippen LogP contribution in [0.3, 0.4) is 0 Å². The van der Waals surface area contributed by atoms with Crippen LogP contribution in [0.1, 0.15) is 0 Å². The van der Waals surface area contributed by atoms with Crippen molar-refractivity contribution in [2.24, 2.45) is 0 Å². The molecule has 0 fully saturated rings. The quantitative estimate of drug-likeness (QED) is 0.124. The van der Waals surface area contributed by atoms with E-state index in [-0.39, 0.29) is 0 Å². The summed E-state index contributed by atoms with van der Waals surface area (Å²) in [5, 5.41) is 25.0. The van der Waals surface area contributed by atoms with Gasteiger partial charge in [-0.2, -0.15) is 0 Å². The Bertz CT molecular complexity index is 5620. The van der Waals surface area contributed by atoms with E-state index in [1.807, 2.05) is 0 Å². The van der Waals surface area contributed by atoms with Gasteiger partial charge >= 0.3 is 0 Å². The summed E-state index contributed by atoms with van der Waals surface area (Å²) in [5.74, 6) is 0. The normalized spacial score (nSPS) is 12.4. The highest BCUT2D eigenvalue weighted by atomic mass is 15.0. The first kappa shape index (κ1) is 44.0. The molecule has 0 radical (unpaired) electrons. The van der Waals surface area contributed by atoms with Crippen LogP contribution in [0.5, 0.6) is 0 Å². The molecule has 378 valence electrons. The molecule has 0 unspecified atom stereocenters. The van der Waals surface area contributed by atoms with Crippen LogP contribution < -0.4 is 0 Å². The van der Waals surface area contributed by atoms with Gasteiger partial charge in [-0.15, -0.1) is 0 Å². The molecule has 0 bridgehead atoms. The van der Waals surface area contributed by atoms with Crippen molar-refractivity contribution in [3.05, 3.63) is 279 Å². The number of aromatic nitrogens is 4. The zero-order chi connectivity index (χ0) is 53.3. The van der Waals surface area contributed by atoms with Crippen LogP contribution in [-0.4, -0.2) is 18.3 Å². The Labute approximate surface area is 469 Å². The first-order valence-corrected chi connectivity index (χ1v) is 28.4. The first-order chi connectivity index (χ1) is 40.7. The largest absolute Gasteiger partial charge is 0.309 e. The molecule has 0 aliphatic rings. The van der Waals surface area contributed by atoms with Gasteiger partial charge in [0.05, 0.1) is 44.1 Å². The lowest BCUT2D eigenvalue weighted by Crippen LogP contribution is -1.96. The van der Waals surface area contributed by atoms with Crippen molar-refractivity contribution in [1.29, 1.82) is 0 Å². The van der Waals surface area contributed by atoms with Crippen LogP contribution in [0.15, 0.2) is 279 Å². The number of para-hydroxylation sites is 6. The average molecular weight is 1040 g/mol. The third-order valence-corrected chi connectivity index (χ3v) is 18.2. The Balaban J connectivity index is 0.838. The SMILES string of the molecule is c1ccc(-n2c3ccccc3c3cc4c5ccccc5n(-c5ccc6c(c5)c5ccccc5c5cc7c8ccc(-n9c%10ccccc%10c%10cc%11c%12ccccc%12n(-c%12ccccc%12)c%11cc%109)cc8c8ccccc8c7cc65)c4cc32)cc1. The van der Waals surface area contributed by atoms with Crippen molar-refractivity contribution in [3.63, 3.8) is 0 Å². The zero-order valence-corrected chi connectivity index (χ0v) is 44.3. The smallest absolute Gasteiger partial charge is 0.0562 e. The molecule has 82 heavy (non-hydrogen) atoms. The van der Waals surface area contributed by atoms with Crippen molar-refractivity contribution < 1.29 is 0 Å². The fourth-order valence-electron chi connectivity index (χ4n) is 14.8. The van der Waals surface area contributed by atoms with Gasteiger partial charge in [-0.3, -0.25) is 0 Å². The van der Waals surface area contributed by atoms with Crippen molar-refractivity contribution in [2.75, 3.05) is 0 Å². The Hall–Kier alpha value is -10.9. The number of nitrogens with zero attached hydrogens (tertiary/aromatic N) is 4. The summed E-state index contributed by atoms with van der Waals surface area (Å²) in [7, 11) is 0. The number of hydrogen-bond acceptors (Lipinski definition) is 0. The molecule has 4 nitrogen and oxygen atoms in total. The highest BCUT2D eigenvalue weighted by Crippen LogP contribution is 2.46. The molecule has 19 aromatic rings. The van der Waals surface area contributed by atoms with Crippen LogP contribution in [0.4, 0.5) is 0 Å². The monoisotopic (exact) mass is 1040 g/mol. The van der Waals surface area contributed by atoms with Gasteiger partial charge in [0, 0.05) is 65.8 Å². The summed E-state index contributed by atoms with van der Waals surface area (Å²) in [6.45, 7) is 0. The molecule has 0 saturated heterocycles. The van der Waals surface area contributed by atoms with E-state index in [2.05, 4.69) is 297 Å². The zero-order valence-electron chi connectivity index (χ0n) is 44.3. The van der Waals surface area contributed by atoms with Gasteiger partial charge in [0.2, 0.25) is 0 Å². The molecular formula is C78H46N4. The summed E-state index contributed by atoms with van der Waals surface area (Å²) < 4.78 is 9.84. The fourth-order valence-corrected chi connectivity index (χ4v) is 14.8. The predicted molar refractivity (Wildman–Crippen MR) is 349 cm³/mol. The van der Waals surface area contributed by atoms with Gasteiger partial charge in [0.15, 0.2) is 0 Å². The van der Waals surface area contributed by atoms with E-state index in [4.69, 9.17) is 0 Å². The number of benzene rings is 15. The topological polar surface area (TPSA) is 19.7 Å². The van der Waals surface area contributed by atoms with Gasteiger partial charge in [0.25, 0.3) is 0 Å². The van der Waals surface area contributed by atoms with Crippen LogP contribution in [-0.2, 0) is 0 Å². The second kappa shape index (κ2) is 16.3. The van der Waals surface area contributed by atoms with E-state index in [0.29, 0.717) is 0 Å². The summed E-state index contributed by atoms with van der Waals surface area (Å²) in [6, 6.07) is 104. The minimum Gasteiger partial charge on any atom is -0.309 e. The van der Waals surface area contributed by atoms with Crippen molar-refractivity contribution in [1.82, 2.24) is 18.3 Å². The van der Waals surface area contributed by atoms with Gasteiger partial charge in [-0.05, 0) is 174 Å². The molecule has 0 spiro atoms. The maximum Gasteiger partial charge on any atom is 0.0562 e. The van der Waals surface area contributed by atoms with E-state index in [1.54, 1.807) is 0 Å². The van der Waals surface area contributed by atoms with Gasteiger partial charge in [0.1, 0.15) is 0 Å². The van der Waals surface area contributed by atoms with E-state index >= 15 is 0 Å². The van der Waals surface area contributed by atoms with Crippen molar-refractivity contribution in [3.8, 4) is 22.7 Å². The summed E-state index contributed by atoms with van der Waals surface area (Å²) in [4.78, 5) is 0. The molecule has 0 atom stereocenters. The Morgan fingerprint density at radius 1 is 0.122 bits per heavy atom. The molecule has 0 aliphatic heterocycles. The lowest BCUT2D eigenvalue weighted by atomic mass is 9.88. The summed E-state index contributed by atoms with van der Waals surface area (Å²) in [5.41, 5.74) is 14.2. The number of hydrogen-bond donors (Lipinski definition) is 0. The summed E-state index contributed by atoms with van der Waals surface area (Å²) >= 11 is 0. The van der Waals surface area contributed by atoms with Crippen LogP contribution in [0, 0.1) is 0 Å². The van der Waals surface area contributed by atoms with Gasteiger partial charge < -0.3 is 18.3 Å². The number of fused-ring (bicyclic) bond motifs is 24. The standard InChI is InChI=1S/C78H46N4/c1-3-19-47(20-4-1)79-71-31-15-11-27-57(71)67-43-69-59-29-13-17-33-73(59)81(77(69)45-75(67)79)49-35-37-55-61(39-49)51-23-7-9-25-53(51)63-42-66-56-38-36-50(40-62(56)52-24-8-10-26-54(52)64(66)41-65(55)63)82-74-34-18-14-30-60(74)70-44-68-58-28-12-16-32-72(58)80(76(68)46-78(70)82)48-21-5-2-6-22-48/h1-46H. The minimum atomic E-state index is 1.14. The van der Waals surface area contributed by atoms with Gasteiger partial charge in [-0.1, -0.05) is 170 Å². The predicted octanol–water partition coefficient (Wildman–Crippen LogP) is 21.0. The maximum absolute atomic E-state index is 2.50. The lowest BCUT2D eigenvalue weighted by Gasteiger charge is -2.17. The van der Waals surface area contributed by atoms with Crippen molar-refractivity contribution in [2.45, 2.75) is 0 Å². The second-order valence-electron chi connectivity index (χ2n) is 22.3. The number of rotatable bonds is 4. The highest BCUT2D eigenvalue weighted by molar-refractivity contribution is 6.33. The first-order valence-electron chi connectivity index (χ1n) is 28.4. The molecule has 15 aromatic carbocycles. The molecule has 19 rings (SSSR count). The Morgan fingerprint density at radius 2 is 0.354 bits per heavy atom.